The van der Waals surface area contributed by atoms with Gasteiger partial charge < -0.3 is 32.8 Å². The third-order valence-corrected chi connectivity index (χ3v) is 11.3. The van der Waals surface area contributed by atoms with Gasteiger partial charge in [-0.2, -0.15) is 0 Å². The third kappa shape index (κ3) is 9.19. The molecule has 232 valence electrons. The molecule has 1 aliphatic heterocycles. The van der Waals surface area contributed by atoms with Gasteiger partial charge in [-0.15, -0.1) is 4.91 Å². The van der Waals surface area contributed by atoms with Crippen molar-refractivity contribution >= 4 is 44.0 Å². The van der Waals surface area contributed by atoms with Crippen molar-refractivity contribution in [2.24, 2.45) is 5.18 Å². The smallest absolute Gasteiger partial charge is 0.339 e. The van der Waals surface area contributed by atoms with Gasteiger partial charge in [-0.1, -0.05) is 39.0 Å². The number of benzene rings is 1. The van der Waals surface area contributed by atoms with Crippen LogP contribution in [-0.2, 0) is 47.3 Å². The molecule has 0 N–H and O–H groups in total. The molecule has 1 aromatic rings. The minimum absolute atomic E-state index is 0.0547. The highest BCUT2D eigenvalue weighted by Gasteiger charge is 2.56. The molecule has 13 nitrogen and oxygen atoms in total. The first kappa shape index (κ1) is 34.6. The summed E-state index contributed by atoms with van der Waals surface area (Å²) in [6.07, 6.45) is -4.28. The number of hydrogen-bond donors (Lipinski definition) is 0. The maximum atomic E-state index is 12.6. The lowest BCUT2D eigenvalue weighted by Gasteiger charge is -2.43. The Labute approximate surface area is 245 Å². The standard InChI is InChI=1S/C28H39NO12Si/c1-16(30)37-22-23(38-17(2)31)25(39-18(3)32)27(41-24(22)26(33)35-7)40-21-13-12-19(15-20(21)29-34)11-10-14-36-42(8,9)28(4,5)6/h10-13,15,22-25,27H,14H2,1-9H3/b11-10+/t22-,23?,24?,25+,27?/m0/s1. The maximum absolute atomic E-state index is 12.6. The molecule has 2 rings (SSSR count). The largest absolute Gasteiger partial charge is 0.467 e. The molecule has 1 aromatic carbocycles. The first-order valence-electron chi connectivity index (χ1n) is 13.2. The van der Waals surface area contributed by atoms with E-state index in [1.54, 1.807) is 12.1 Å². The second-order valence-corrected chi connectivity index (χ2v) is 15.9. The number of methoxy groups -OCH3 is 1. The van der Waals surface area contributed by atoms with Crippen LogP contribution < -0.4 is 4.74 Å². The Bertz CT molecular complexity index is 1190. The highest BCUT2D eigenvalue weighted by Crippen LogP contribution is 2.37. The van der Waals surface area contributed by atoms with Crippen molar-refractivity contribution in [2.75, 3.05) is 13.7 Å². The lowest BCUT2D eigenvalue weighted by atomic mass is 9.97. The van der Waals surface area contributed by atoms with E-state index in [9.17, 15) is 24.1 Å². The van der Waals surface area contributed by atoms with E-state index in [-0.39, 0.29) is 16.5 Å². The monoisotopic (exact) mass is 609 g/mol. The molecule has 0 spiro atoms. The fourth-order valence-electron chi connectivity index (χ4n) is 3.77. The van der Waals surface area contributed by atoms with Gasteiger partial charge in [-0.05, 0) is 41.0 Å². The quantitative estimate of drug-likeness (QED) is 0.152. The Morgan fingerprint density at radius 3 is 2.05 bits per heavy atom. The molecule has 42 heavy (non-hydrogen) atoms. The molecule has 1 fully saturated rings. The number of rotatable bonds is 11. The molecule has 1 aliphatic rings. The summed E-state index contributed by atoms with van der Waals surface area (Å²) in [4.78, 5) is 60.1. The van der Waals surface area contributed by atoms with Gasteiger partial charge in [0.15, 0.2) is 38.1 Å². The van der Waals surface area contributed by atoms with Gasteiger partial charge in [0, 0.05) is 20.8 Å². The van der Waals surface area contributed by atoms with Crippen LogP contribution in [0.3, 0.4) is 0 Å². The minimum Gasteiger partial charge on any atom is -0.467 e. The molecule has 1 saturated heterocycles. The Morgan fingerprint density at radius 2 is 1.52 bits per heavy atom. The van der Waals surface area contributed by atoms with E-state index in [4.69, 9.17) is 32.8 Å². The summed E-state index contributed by atoms with van der Waals surface area (Å²) in [7, 11) is -0.869. The number of ether oxygens (including phenoxy) is 6. The van der Waals surface area contributed by atoms with Gasteiger partial charge in [0.25, 0.3) is 0 Å². The van der Waals surface area contributed by atoms with E-state index in [1.807, 2.05) is 6.08 Å². The summed E-state index contributed by atoms with van der Waals surface area (Å²) in [5, 5.41) is 3.09. The molecule has 3 unspecified atom stereocenters. The van der Waals surface area contributed by atoms with Crippen LogP contribution >= 0.6 is 0 Å². The van der Waals surface area contributed by atoms with Gasteiger partial charge in [-0.3, -0.25) is 14.4 Å². The topological polar surface area (TPSA) is 162 Å². The normalized spacial score (nSPS) is 22.6. The van der Waals surface area contributed by atoms with Gasteiger partial charge in [0.05, 0.1) is 13.7 Å². The van der Waals surface area contributed by atoms with Crippen LogP contribution in [0, 0.1) is 4.91 Å². The predicted octanol–water partition coefficient (Wildman–Crippen LogP) is 4.19. The van der Waals surface area contributed by atoms with Crippen molar-refractivity contribution < 1.29 is 52.0 Å². The summed E-state index contributed by atoms with van der Waals surface area (Å²) in [5.41, 5.74) is 0.491. The molecule has 5 atom stereocenters. The van der Waals surface area contributed by atoms with Crippen LogP contribution in [0.2, 0.25) is 18.1 Å². The number of carbonyl (C=O) groups excluding carboxylic acids is 4. The highest BCUT2D eigenvalue weighted by atomic mass is 28.4. The van der Waals surface area contributed by atoms with Crippen molar-refractivity contribution in [3.8, 4) is 5.75 Å². The molecule has 0 bridgehead atoms. The fourth-order valence-corrected chi connectivity index (χ4v) is 4.71. The molecule has 0 saturated carbocycles. The van der Waals surface area contributed by atoms with Crippen molar-refractivity contribution in [3.63, 3.8) is 0 Å². The van der Waals surface area contributed by atoms with E-state index in [0.29, 0.717) is 12.2 Å². The number of carbonyl (C=O) groups is 4. The average molecular weight is 610 g/mol. The average Bonchev–Trinajstić information content (AvgIpc) is 2.88. The number of hydrogen-bond acceptors (Lipinski definition) is 13. The lowest BCUT2D eigenvalue weighted by Crippen LogP contribution is -2.64. The Hall–Kier alpha value is -3.62. The molecular formula is C28H39NO12Si. The van der Waals surface area contributed by atoms with Gasteiger partial charge in [-0.25, -0.2) is 4.79 Å². The van der Waals surface area contributed by atoms with Crippen LogP contribution in [-0.4, -0.2) is 76.6 Å². The lowest BCUT2D eigenvalue weighted by molar-refractivity contribution is -0.282. The van der Waals surface area contributed by atoms with Crippen LogP contribution in [0.15, 0.2) is 29.5 Å². The van der Waals surface area contributed by atoms with E-state index >= 15 is 0 Å². The van der Waals surface area contributed by atoms with E-state index in [2.05, 4.69) is 39.0 Å². The third-order valence-electron chi connectivity index (χ3n) is 6.82. The predicted molar refractivity (Wildman–Crippen MR) is 152 cm³/mol. The molecule has 0 radical (unpaired) electrons. The van der Waals surface area contributed by atoms with Gasteiger partial charge >= 0.3 is 23.9 Å². The Balaban J connectivity index is 2.40. The molecule has 0 aliphatic carbocycles. The molecular weight excluding hydrogens is 570 g/mol. The molecule has 0 aromatic heterocycles. The number of esters is 4. The summed E-state index contributed by atoms with van der Waals surface area (Å²) in [5.74, 6) is -3.55. The van der Waals surface area contributed by atoms with E-state index in [0.717, 1.165) is 27.9 Å². The van der Waals surface area contributed by atoms with Gasteiger partial charge in [0.2, 0.25) is 12.4 Å². The summed E-state index contributed by atoms with van der Waals surface area (Å²) >= 11 is 0. The van der Waals surface area contributed by atoms with Crippen molar-refractivity contribution in [2.45, 2.75) is 90.4 Å². The Kier molecular flexibility index (Phi) is 11.9. The van der Waals surface area contributed by atoms with Crippen molar-refractivity contribution in [3.05, 3.63) is 34.7 Å². The second kappa shape index (κ2) is 14.5. The minimum atomic E-state index is -1.94. The van der Waals surface area contributed by atoms with E-state index < -0.39 is 62.9 Å². The number of nitroso groups, excluding NO2 is 1. The van der Waals surface area contributed by atoms with Crippen molar-refractivity contribution in [1.82, 2.24) is 0 Å². The van der Waals surface area contributed by atoms with E-state index in [1.165, 1.54) is 12.1 Å². The molecule has 14 heteroatoms. The molecule has 1 heterocycles. The fraction of sp³-hybridized carbons (Fsp3) is 0.571. The number of nitrogens with zero attached hydrogens (tertiary/aromatic N) is 1. The van der Waals surface area contributed by atoms with Crippen LogP contribution in [0.1, 0.15) is 47.1 Å². The highest BCUT2D eigenvalue weighted by molar-refractivity contribution is 6.74. The second-order valence-electron chi connectivity index (χ2n) is 11.1. The Morgan fingerprint density at radius 1 is 0.952 bits per heavy atom. The van der Waals surface area contributed by atoms with Crippen LogP contribution in [0.25, 0.3) is 6.08 Å². The maximum Gasteiger partial charge on any atom is 0.339 e. The van der Waals surface area contributed by atoms with Gasteiger partial charge in [0.1, 0.15) is 0 Å². The summed E-state index contributed by atoms with van der Waals surface area (Å²) in [6, 6.07) is 4.53. The first-order chi connectivity index (χ1) is 19.5. The SMILES string of the molecule is COC(=O)C1OC(Oc2ccc(/C=C/CO[Si](C)(C)C(C)(C)C)cc2N=O)[C@H](OC(C)=O)C(OC(C)=O)[C@@H]1OC(C)=O. The van der Waals surface area contributed by atoms with Crippen LogP contribution in [0.4, 0.5) is 5.69 Å². The zero-order chi connectivity index (χ0) is 31.8. The zero-order valence-corrected chi connectivity index (χ0v) is 26.3. The van der Waals surface area contributed by atoms with Crippen molar-refractivity contribution in [1.29, 1.82) is 0 Å². The van der Waals surface area contributed by atoms with Crippen LogP contribution in [0.5, 0.6) is 5.75 Å². The summed E-state index contributed by atoms with van der Waals surface area (Å²) in [6.45, 7) is 14.3. The molecule has 0 amide bonds. The zero-order valence-electron chi connectivity index (χ0n) is 25.3. The first-order valence-corrected chi connectivity index (χ1v) is 16.1. The summed E-state index contributed by atoms with van der Waals surface area (Å²) < 4.78 is 38.4.